The second kappa shape index (κ2) is 8.86. The Balaban J connectivity index is 1.35. The first-order valence-corrected chi connectivity index (χ1v) is 12.8. The van der Waals surface area contributed by atoms with Crippen LogP contribution in [0.3, 0.4) is 0 Å². The molecule has 2 nitrogen and oxygen atoms in total. The smallest absolute Gasteiger partial charge is 0.193 e. The molecule has 0 N–H and O–H groups in total. The number of hydrogen-bond acceptors (Lipinski definition) is 2. The molecule has 38 heavy (non-hydrogen) atoms. The van der Waals surface area contributed by atoms with Gasteiger partial charge in [0, 0.05) is 27.8 Å². The van der Waals surface area contributed by atoms with Crippen LogP contribution in [0.25, 0.3) is 27.6 Å². The number of hydrogen-bond donors (Lipinski definition) is 0. The molecule has 2 heteroatoms. The van der Waals surface area contributed by atoms with Crippen LogP contribution in [0.4, 0.5) is 0 Å². The number of benzene rings is 6. The van der Waals surface area contributed by atoms with Gasteiger partial charge in [0.05, 0.1) is 0 Å². The Morgan fingerprint density at radius 2 is 1.26 bits per heavy atom. The second-order valence-electron chi connectivity index (χ2n) is 9.71. The molecule has 1 heterocycles. The van der Waals surface area contributed by atoms with Crippen LogP contribution < -0.4 is 4.74 Å². The molecule has 6 aromatic carbocycles. The van der Waals surface area contributed by atoms with E-state index in [1.165, 1.54) is 10.8 Å². The van der Waals surface area contributed by atoms with Crippen LogP contribution in [0.5, 0.6) is 5.75 Å². The first-order valence-electron chi connectivity index (χ1n) is 12.8. The molecule has 0 bridgehead atoms. The zero-order chi connectivity index (χ0) is 25.5. The highest BCUT2D eigenvalue weighted by atomic mass is 16.5. The molecule has 0 radical (unpaired) electrons. The van der Waals surface area contributed by atoms with Gasteiger partial charge in [-0.05, 0) is 51.9 Å². The van der Waals surface area contributed by atoms with Crippen LogP contribution >= 0.6 is 0 Å². The fraction of sp³-hybridized carbons (Fsp3) is 0.0278. The van der Waals surface area contributed by atoms with Crippen LogP contribution in [0, 0.1) is 0 Å². The minimum atomic E-state index is -0.755. The van der Waals surface area contributed by atoms with E-state index in [4.69, 9.17) is 4.74 Å². The molecule has 0 aliphatic carbocycles. The summed E-state index contributed by atoms with van der Waals surface area (Å²) in [6.45, 7) is 0. The lowest BCUT2D eigenvalue weighted by atomic mass is 9.82. The van der Waals surface area contributed by atoms with Crippen molar-refractivity contribution in [2.24, 2.45) is 0 Å². The second-order valence-corrected chi connectivity index (χ2v) is 9.71. The van der Waals surface area contributed by atoms with Crippen molar-refractivity contribution < 1.29 is 9.53 Å². The van der Waals surface area contributed by atoms with Crippen molar-refractivity contribution in [2.45, 2.75) is 5.60 Å². The van der Waals surface area contributed by atoms with Gasteiger partial charge in [-0.2, -0.15) is 0 Å². The summed E-state index contributed by atoms with van der Waals surface area (Å²) in [5.41, 5.74) is 3.79. The Morgan fingerprint density at radius 3 is 2.08 bits per heavy atom. The van der Waals surface area contributed by atoms with Gasteiger partial charge in [0.25, 0.3) is 0 Å². The molecule has 1 aliphatic heterocycles. The van der Waals surface area contributed by atoms with E-state index in [0.717, 1.165) is 33.2 Å². The minimum Gasteiger partial charge on any atom is -0.473 e. The number of rotatable bonds is 4. The first-order chi connectivity index (χ1) is 18.7. The normalized spacial score (nSPS) is 16.2. The van der Waals surface area contributed by atoms with Crippen molar-refractivity contribution >= 4 is 33.4 Å². The van der Waals surface area contributed by atoms with Gasteiger partial charge < -0.3 is 4.74 Å². The number of carbonyl (C=O) groups is 1. The molecule has 0 aromatic heterocycles. The predicted molar refractivity (Wildman–Crippen MR) is 155 cm³/mol. The van der Waals surface area contributed by atoms with Crippen LogP contribution in [-0.2, 0) is 5.60 Å². The molecule has 180 valence electrons. The lowest BCUT2D eigenvalue weighted by Gasteiger charge is -2.36. The van der Waals surface area contributed by atoms with Gasteiger partial charge >= 0.3 is 0 Å². The molecular formula is C36H24O2. The van der Waals surface area contributed by atoms with E-state index in [2.05, 4.69) is 78.9 Å². The average molecular weight is 489 g/mol. The fourth-order valence-corrected chi connectivity index (χ4v) is 5.48. The molecule has 0 saturated heterocycles. The summed E-state index contributed by atoms with van der Waals surface area (Å²) in [6, 6.07) is 44.7. The summed E-state index contributed by atoms with van der Waals surface area (Å²) in [5.74, 6) is 0.843. The number of ether oxygens (including phenoxy) is 1. The number of carbonyl (C=O) groups excluding carboxylic acids is 1. The Labute approximate surface area is 221 Å². The predicted octanol–water partition coefficient (Wildman–Crippen LogP) is 8.57. The quantitative estimate of drug-likeness (QED) is 0.232. The van der Waals surface area contributed by atoms with Gasteiger partial charge in [0.2, 0.25) is 0 Å². The van der Waals surface area contributed by atoms with Gasteiger partial charge in [-0.15, -0.1) is 0 Å². The molecule has 0 spiro atoms. The molecule has 7 rings (SSSR count). The third kappa shape index (κ3) is 3.62. The number of ketones is 1. The highest BCUT2D eigenvalue weighted by Crippen LogP contribution is 2.44. The van der Waals surface area contributed by atoms with E-state index in [-0.39, 0.29) is 5.78 Å². The van der Waals surface area contributed by atoms with Gasteiger partial charge in [-0.25, -0.2) is 0 Å². The van der Waals surface area contributed by atoms with Gasteiger partial charge in [-0.3, -0.25) is 4.79 Å². The van der Waals surface area contributed by atoms with Crippen LogP contribution in [-0.4, -0.2) is 5.78 Å². The summed E-state index contributed by atoms with van der Waals surface area (Å²) < 4.78 is 6.94. The highest BCUT2D eigenvalue weighted by molar-refractivity contribution is 6.11. The maximum absolute atomic E-state index is 13.0. The SMILES string of the molecule is O=C(c1ccccc1)c1ccc2c3c(ccc2c1)OC(c1ccccc1)(c1ccc2ccccc2c1)C=C3. The van der Waals surface area contributed by atoms with E-state index in [1.807, 2.05) is 66.7 Å². The van der Waals surface area contributed by atoms with E-state index in [1.54, 1.807) is 0 Å². The van der Waals surface area contributed by atoms with E-state index in [0.29, 0.717) is 11.1 Å². The van der Waals surface area contributed by atoms with Crippen LogP contribution in [0.1, 0.15) is 32.6 Å². The lowest BCUT2D eigenvalue weighted by molar-refractivity contribution is 0.103. The van der Waals surface area contributed by atoms with Crippen molar-refractivity contribution in [1.82, 2.24) is 0 Å². The summed E-state index contributed by atoms with van der Waals surface area (Å²) in [4.78, 5) is 13.0. The summed E-state index contributed by atoms with van der Waals surface area (Å²) in [5, 5.41) is 4.45. The maximum atomic E-state index is 13.0. The largest absolute Gasteiger partial charge is 0.473 e. The standard InChI is InChI=1S/C36H24O2/c37-35(26-10-3-1-4-11-26)29-16-19-32-28(23-29)17-20-34-33(32)21-22-36(38-34,30-13-5-2-6-14-30)31-18-15-25-9-7-8-12-27(25)24-31/h1-24H. The molecule has 1 unspecified atom stereocenters. The molecule has 1 aliphatic rings. The van der Waals surface area contributed by atoms with E-state index >= 15 is 0 Å². The third-order valence-corrected chi connectivity index (χ3v) is 7.46. The topological polar surface area (TPSA) is 26.3 Å². The summed E-state index contributed by atoms with van der Waals surface area (Å²) >= 11 is 0. The van der Waals surface area contributed by atoms with Crippen molar-refractivity contribution in [1.29, 1.82) is 0 Å². The zero-order valence-corrected chi connectivity index (χ0v) is 20.7. The third-order valence-electron chi connectivity index (χ3n) is 7.46. The molecule has 0 amide bonds. The Morgan fingerprint density at radius 1 is 0.553 bits per heavy atom. The van der Waals surface area contributed by atoms with Crippen molar-refractivity contribution in [3.8, 4) is 5.75 Å². The van der Waals surface area contributed by atoms with Crippen LogP contribution in [0.15, 0.2) is 140 Å². The molecule has 0 fully saturated rings. The highest BCUT2D eigenvalue weighted by Gasteiger charge is 2.37. The minimum absolute atomic E-state index is 0.0245. The maximum Gasteiger partial charge on any atom is 0.193 e. The molecular weight excluding hydrogens is 464 g/mol. The first kappa shape index (κ1) is 22.3. The number of fused-ring (bicyclic) bond motifs is 4. The zero-order valence-electron chi connectivity index (χ0n) is 20.7. The van der Waals surface area contributed by atoms with E-state index < -0.39 is 5.60 Å². The van der Waals surface area contributed by atoms with Gasteiger partial charge in [0.1, 0.15) is 5.75 Å². The monoisotopic (exact) mass is 488 g/mol. The summed E-state index contributed by atoms with van der Waals surface area (Å²) in [6.07, 6.45) is 4.33. The van der Waals surface area contributed by atoms with Crippen molar-refractivity contribution in [3.05, 3.63) is 167 Å². The van der Waals surface area contributed by atoms with Gasteiger partial charge in [0.15, 0.2) is 11.4 Å². The summed E-state index contributed by atoms with van der Waals surface area (Å²) in [7, 11) is 0. The Hall–Kier alpha value is -4.95. The lowest BCUT2D eigenvalue weighted by Crippen LogP contribution is -2.34. The van der Waals surface area contributed by atoms with Crippen molar-refractivity contribution in [2.75, 3.05) is 0 Å². The Bertz CT molecular complexity index is 1850. The van der Waals surface area contributed by atoms with Crippen molar-refractivity contribution in [3.63, 3.8) is 0 Å². The molecule has 6 aromatic rings. The van der Waals surface area contributed by atoms with Gasteiger partial charge in [-0.1, -0.05) is 115 Å². The Kier molecular flexibility index (Phi) is 5.19. The molecule has 0 saturated carbocycles. The fourth-order valence-electron chi connectivity index (χ4n) is 5.48. The molecule has 1 atom stereocenters. The average Bonchev–Trinajstić information content (AvgIpc) is 3.00. The van der Waals surface area contributed by atoms with E-state index in [9.17, 15) is 4.79 Å². The van der Waals surface area contributed by atoms with Crippen LogP contribution in [0.2, 0.25) is 0 Å².